The summed E-state index contributed by atoms with van der Waals surface area (Å²) in [4.78, 5) is 5.29. The van der Waals surface area contributed by atoms with Gasteiger partial charge in [-0.15, -0.1) is 29.6 Å². The lowest BCUT2D eigenvalue weighted by Crippen LogP contribution is -2.17. The van der Waals surface area contributed by atoms with Crippen molar-refractivity contribution < 1.29 is 22.6 Å². The average molecular weight is 391 g/mol. The van der Waals surface area contributed by atoms with Gasteiger partial charge in [-0.3, -0.25) is 0 Å². The minimum absolute atomic E-state index is 0.306. The molecule has 0 aliphatic carbocycles. The van der Waals surface area contributed by atoms with Crippen LogP contribution in [0.3, 0.4) is 0 Å². The van der Waals surface area contributed by atoms with Crippen molar-refractivity contribution in [1.82, 2.24) is 14.6 Å². The maximum absolute atomic E-state index is 12.5. The predicted octanol–water partition coefficient (Wildman–Crippen LogP) is 4.94. The Hall–Kier alpha value is -3.07. The van der Waals surface area contributed by atoms with E-state index in [0.717, 1.165) is 4.88 Å². The first-order valence-corrected chi connectivity index (χ1v) is 8.72. The summed E-state index contributed by atoms with van der Waals surface area (Å²) in [6, 6.07) is 13.0. The van der Waals surface area contributed by atoms with Crippen LogP contribution < -0.4 is 9.47 Å². The molecule has 0 bridgehead atoms. The number of ether oxygens (including phenoxy) is 2. The Kier molecular flexibility index (Phi) is 4.44. The quantitative estimate of drug-likeness (QED) is 0.484. The smallest absolute Gasteiger partial charge is 0.471 e. The number of fused-ring (bicyclic) bond motifs is 1. The van der Waals surface area contributed by atoms with Gasteiger partial charge in [-0.25, -0.2) is 9.50 Å². The summed E-state index contributed by atoms with van der Waals surface area (Å²) in [7, 11) is 0. The van der Waals surface area contributed by atoms with Crippen LogP contribution in [0.25, 0.3) is 16.9 Å². The van der Waals surface area contributed by atoms with Crippen LogP contribution in [0.1, 0.15) is 4.88 Å². The van der Waals surface area contributed by atoms with Crippen LogP contribution in [0.2, 0.25) is 0 Å². The molecule has 0 unspecified atom stereocenters. The summed E-state index contributed by atoms with van der Waals surface area (Å²) >= 11 is 1.58. The van der Waals surface area contributed by atoms with Crippen molar-refractivity contribution in [1.29, 1.82) is 0 Å². The molecule has 138 valence electrons. The third-order valence-electron chi connectivity index (χ3n) is 3.64. The van der Waals surface area contributed by atoms with E-state index in [-0.39, 0.29) is 5.75 Å². The maximum atomic E-state index is 12.5. The number of nitrogens with zero attached hydrogens (tertiary/aromatic N) is 3. The van der Waals surface area contributed by atoms with E-state index in [0.29, 0.717) is 29.4 Å². The molecule has 5 nitrogen and oxygen atoms in total. The maximum Gasteiger partial charge on any atom is 0.573 e. The molecule has 0 radical (unpaired) electrons. The number of benzene rings is 1. The molecule has 3 aromatic heterocycles. The molecule has 0 N–H and O–H groups in total. The monoisotopic (exact) mass is 391 g/mol. The Morgan fingerprint density at radius 3 is 2.74 bits per heavy atom. The summed E-state index contributed by atoms with van der Waals surface area (Å²) in [5.41, 5.74) is 1.57. The van der Waals surface area contributed by atoms with Gasteiger partial charge in [-0.2, -0.15) is 0 Å². The highest BCUT2D eigenvalue weighted by molar-refractivity contribution is 7.09. The first-order valence-electron chi connectivity index (χ1n) is 7.84. The molecule has 4 rings (SSSR count). The van der Waals surface area contributed by atoms with E-state index in [1.54, 1.807) is 29.5 Å². The number of hydrogen-bond acceptors (Lipinski definition) is 5. The number of hydrogen-bond donors (Lipinski definition) is 0. The van der Waals surface area contributed by atoms with Gasteiger partial charge >= 0.3 is 6.36 Å². The minimum Gasteiger partial charge on any atom is -0.471 e. The molecule has 1 aromatic carbocycles. The molecular formula is C18H12F3N3O2S. The highest BCUT2D eigenvalue weighted by Crippen LogP contribution is 2.28. The predicted molar refractivity (Wildman–Crippen MR) is 93.8 cm³/mol. The molecule has 3 heterocycles. The number of imidazole rings is 1. The standard InChI is InChI=1S/C18H12F3N3O2S/c19-18(20,21)26-13-4-1-3-12(9-13)15-10-22-16-6-7-17(23-24(15)16)25-11-14-5-2-8-27-14/h1-10H,11H2. The van der Waals surface area contributed by atoms with Gasteiger partial charge in [0.1, 0.15) is 12.4 Å². The van der Waals surface area contributed by atoms with Crippen molar-refractivity contribution in [2.75, 3.05) is 0 Å². The van der Waals surface area contributed by atoms with Crippen molar-refractivity contribution in [3.8, 4) is 22.9 Å². The summed E-state index contributed by atoms with van der Waals surface area (Å²) < 4.78 is 48.6. The van der Waals surface area contributed by atoms with Crippen LogP contribution in [0.5, 0.6) is 11.6 Å². The van der Waals surface area contributed by atoms with Crippen LogP contribution in [0, 0.1) is 0 Å². The van der Waals surface area contributed by atoms with Crippen LogP contribution in [-0.4, -0.2) is 21.0 Å². The highest BCUT2D eigenvalue weighted by atomic mass is 32.1. The number of alkyl halides is 3. The van der Waals surface area contributed by atoms with Crippen LogP contribution in [0.4, 0.5) is 13.2 Å². The summed E-state index contributed by atoms with van der Waals surface area (Å²) in [6.45, 7) is 0.384. The van der Waals surface area contributed by atoms with Crippen molar-refractivity contribution in [3.63, 3.8) is 0 Å². The largest absolute Gasteiger partial charge is 0.573 e. The van der Waals surface area contributed by atoms with E-state index in [1.165, 1.54) is 28.9 Å². The molecule has 0 amide bonds. The van der Waals surface area contributed by atoms with E-state index < -0.39 is 6.36 Å². The fourth-order valence-corrected chi connectivity index (χ4v) is 3.14. The Morgan fingerprint density at radius 2 is 1.96 bits per heavy atom. The SMILES string of the molecule is FC(F)(F)Oc1cccc(-c2cnc3ccc(OCc4cccs4)nn23)c1. The first-order chi connectivity index (χ1) is 13.0. The third-order valence-corrected chi connectivity index (χ3v) is 4.49. The summed E-state index contributed by atoms with van der Waals surface area (Å²) in [6.07, 6.45) is -3.21. The van der Waals surface area contributed by atoms with E-state index in [4.69, 9.17) is 4.74 Å². The zero-order chi connectivity index (χ0) is 18.9. The lowest BCUT2D eigenvalue weighted by atomic mass is 10.1. The normalized spacial score (nSPS) is 11.7. The number of halogens is 3. The molecule has 27 heavy (non-hydrogen) atoms. The minimum atomic E-state index is -4.75. The Labute approximate surface area is 155 Å². The average Bonchev–Trinajstić information content (AvgIpc) is 3.28. The second kappa shape index (κ2) is 6.92. The molecule has 0 saturated carbocycles. The Bertz CT molecular complexity index is 1060. The van der Waals surface area contributed by atoms with Gasteiger partial charge in [0.2, 0.25) is 5.88 Å². The van der Waals surface area contributed by atoms with Gasteiger partial charge in [-0.05, 0) is 29.6 Å². The van der Waals surface area contributed by atoms with Crippen LogP contribution in [0.15, 0.2) is 60.1 Å². The molecule has 0 aliphatic heterocycles. The summed E-state index contributed by atoms with van der Waals surface area (Å²) in [5.74, 6) is 0.0814. The van der Waals surface area contributed by atoms with Crippen molar-refractivity contribution in [2.24, 2.45) is 0 Å². The lowest BCUT2D eigenvalue weighted by Gasteiger charge is -2.10. The molecule has 0 fully saturated rings. The van der Waals surface area contributed by atoms with Crippen LogP contribution in [-0.2, 0) is 6.61 Å². The fraction of sp³-hybridized carbons (Fsp3) is 0.111. The van der Waals surface area contributed by atoms with Gasteiger partial charge in [0, 0.05) is 16.5 Å². The van der Waals surface area contributed by atoms with E-state index >= 15 is 0 Å². The molecule has 0 atom stereocenters. The lowest BCUT2D eigenvalue weighted by molar-refractivity contribution is -0.274. The second-order valence-electron chi connectivity index (χ2n) is 5.53. The van der Waals surface area contributed by atoms with E-state index in [2.05, 4.69) is 14.8 Å². The van der Waals surface area contributed by atoms with E-state index in [9.17, 15) is 13.2 Å². The Balaban J connectivity index is 1.64. The highest BCUT2D eigenvalue weighted by Gasteiger charge is 2.31. The zero-order valence-corrected chi connectivity index (χ0v) is 14.5. The Morgan fingerprint density at radius 1 is 1.07 bits per heavy atom. The zero-order valence-electron chi connectivity index (χ0n) is 13.7. The van der Waals surface area contributed by atoms with Gasteiger partial charge in [0.25, 0.3) is 0 Å². The molecule has 4 aromatic rings. The molecule has 0 spiro atoms. The van der Waals surface area contributed by atoms with Crippen molar-refractivity contribution >= 4 is 17.0 Å². The van der Waals surface area contributed by atoms with E-state index in [1.807, 2.05) is 17.5 Å². The van der Waals surface area contributed by atoms with Gasteiger partial charge in [0.15, 0.2) is 5.65 Å². The molecule has 9 heteroatoms. The van der Waals surface area contributed by atoms with Gasteiger partial charge < -0.3 is 9.47 Å². The third kappa shape index (κ3) is 4.03. The number of rotatable bonds is 5. The number of aromatic nitrogens is 3. The summed E-state index contributed by atoms with van der Waals surface area (Å²) in [5, 5.41) is 6.35. The fourth-order valence-electron chi connectivity index (χ4n) is 2.52. The second-order valence-corrected chi connectivity index (χ2v) is 6.56. The van der Waals surface area contributed by atoms with Crippen molar-refractivity contribution in [2.45, 2.75) is 13.0 Å². The molecule has 0 aliphatic rings. The van der Waals surface area contributed by atoms with Crippen LogP contribution >= 0.6 is 11.3 Å². The van der Waals surface area contributed by atoms with Gasteiger partial charge in [0.05, 0.1) is 11.9 Å². The van der Waals surface area contributed by atoms with Crippen molar-refractivity contribution in [3.05, 3.63) is 65.0 Å². The first kappa shape index (κ1) is 17.3. The topological polar surface area (TPSA) is 48.7 Å². The molecule has 0 saturated heterocycles. The number of thiophene rings is 1. The molecular weight excluding hydrogens is 379 g/mol. The van der Waals surface area contributed by atoms with Gasteiger partial charge in [-0.1, -0.05) is 18.2 Å².